The van der Waals surface area contributed by atoms with Crippen molar-refractivity contribution >= 4 is 21.9 Å². The first-order valence-electron chi connectivity index (χ1n) is 11.1. The molecule has 0 spiro atoms. The Bertz CT molecular complexity index is 1440. The Hall–Kier alpha value is -3.46. The van der Waals surface area contributed by atoms with E-state index in [9.17, 15) is 0 Å². The molecule has 5 rings (SSSR count). The summed E-state index contributed by atoms with van der Waals surface area (Å²) in [7, 11) is 2.01. The van der Waals surface area contributed by atoms with Crippen LogP contribution in [0.1, 0.15) is 25.0 Å². The van der Waals surface area contributed by atoms with E-state index >= 15 is 4.39 Å². The van der Waals surface area contributed by atoms with Gasteiger partial charge in [0.25, 0.3) is 0 Å². The van der Waals surface area contributed by atoms with Crippen LogP contribution in [0.25, 0.3) is 44.3 Å². The minimum absolute atomic E-state index is 0.258. The van der Waals surface area contributed by atoms with Gasteiger partial charge in [-0.25, -0.2) is 8.96 Å². The van der Waals surface area contributed by atoms with Crippen LogP contribution in [0.15, 0.2) is 77.3 Å². The molecule has 0 atom stereocenters. The number of rotatable bonds is 4. The number of pyridine rings is 1. The zero-order valence-electron chi connectivity index (χ0n) is 18.9. The molecule has 2 aromatic heterocycles. The van der Waals surface area contributed by atoms with Crippen LogP contribution in [0.5, 0.6) is 0 Å². The topological polar surface area (TPSA) is 17.0 Å². The summed E-state index contributed by atoms with van der Waals surface area (Å²) in [6.07, 6.45) is 3.06. The van der Waals surface area contributed by atoms with Crippen molar-refractivity contribution in [1.29, 1.82) is 0 Å². The van der Waals surface area contributed by atoms with E-state index in [-0.39, 0.29) is 5.82 Å². The molecular formula is C29H27FNO+. The summed E-state index contributed by atoms with van der Waals surface area (Å²) in [6, 6.07) is 22.0. The van der Waals surface area contributed by atoms with Crippen molar-refractivity contribution in [2.45, 2.75) is 27.2 Å². The molecule has 0 unspecified atom stereocenters. The summed E-state index contributed by atoms with van der Waals surface area (Å²) < 4.78 is 23.7. The molecule has 2 heterocycles. The fraction of sp³-hybridized carbons (Fsp3) is 0.207. The van der Waals surface area contributed by atoms with Gasteiger partial charge in [-0.15, -0.1) is 0 Å². The summed E-state index contributed by atoms with van der Waals surface area (Å²) in [5.41, 5.74) is 7.71. The van der Waals surface area contributed by atoms with E-state index < -0.39 is 0 Å². The van der Waals surface area contributed by atoms with Gasteiger partial charge in [0.2, 0.25) is 5.69 Å². The van der Waals surface area contributed by atoms with E-state index in [1.807, 2.05) is 43.6 Å². The predicted octanol–water partition coefficient (Wildman–Crippen LogP) is 7.39. The van der Waals surface area contributed by atoms with Gasteiger partial charge in [0.05, 0.1) is 10.9 Å². The highest BCUT2D eigenvalue weighted by Gasteiger charge is 2.23. The molecule has 0 N–H and O–H groups in total. The lowest BCUT2D eigenvalue weighted by atomic mass is 9.97. The largest absolute Gasteiger partial charge is 0.454 e. The van der Waals surface area contributed by atoms with Crippen molar-refractivity contribution in [3.63, 3.8) is 0 Å². The number of benzene rings is 3. The zero-order chi connectivity index (χ0) is 22.4. The predicted molar refractivity (Wildman–Crippen MR) is 129 cm³/mol. The van der Waals surface area contributed by atoms with Crippen molar-refractivity contribution in [3.05, 3.63) is 89.9 Å². The van der Waals surface area contributed by atoms with Crippen LogP contribution in [-0.2, 0) is 13.5 Å². The maximum absolute atomic E-state index is 15.1. The Morgan fingerprint density at radius 3 is 2.41 bits per heavy atom. The fourth-order valence-corrected chi connectivity index (χ4v) is 4.62. The number of aryl methyl sites for hydroxylation is 2. The molecule has 3 heteroatoms. The van der Waals surface area contributed by atoms with E-state index in [1.54, 1.807) is 6.07 Å². The van der Waals surface area contributed by atoms with E-state index in [4.69, 9.17) is 4.42 Å². The molecule has 5 aromatic rings. The van der Waals surface area contributed by atoms with Crippen LogP contribution in [-0.4, -0.2) is 0 Å². The van der Waals surface area contributed by atoms with Crippen LogP contribution < -0.4 is 4.57 Å². The van der Waals surface area contributed by atoms with Gasteiger partial charge < -0.3 is 4.42 Å². The monoisotopic (exact) mass is 424 g/mol. The lowest BCUT2D eigenvalue weighted by molar-refractivity contribution is -0.660. The maximum atomic E-state index is 15.1. The number of hydrogen-bond donors (Lipinski definition) is 0. The van der Waals surface area contributed by atoms with E-state index in [0.29, 0.717) is 16.9 Å². The quantitative estimate of drug-likeness (QED) is 0.275. The summed E-state index contributed by atoms with van der Waals surface area (Å²) in [4.78, 5) is 0. The lowest BCUT2D eigenvalue weighted by Gasteiger charge is -2.07. The maximum Gasteiger partial charge on any atom is 0.216 e. The molecule has 2 nitrogen and oxygen atoms in total. The van der Waals surface area contributed by atoms with Crippen molar-refractivity contribution in [3.8, 4) is 22.4 Å². The molecule has 0 radical (unpaired) electrons. The van der Waals surface area contributed by atoms with Crippen LogP contribution in [0.2, 0.25) is 0 Å². The molecule has 0 aliphatic heterocycles. The van der Waals surface area contributed by atoms with E-state index in [0.717, 1.165) is 45.3 Å². The highest BCUT2D eigenvalue weighted by atomic mass is 19.1. The molecule has 0 saturated heterocycles. The number of fused-ring (bicyclic) bond motifs is 3. The number of aromatic nitrogens is 1. The summed E-state index contributed by atoms with van der Waals surface area (Å²) in [5, 5.41) is 1.35. The molecule has 0 saturated carbocycles. The molecule has 3 aromatic carbocycles. The van der Waals surface area contributed by atoms with Gasteiger partial charge in [-0.1, -0.05) is 50.2 Å². The number of furan rings is 1. The lowest BCUT2D eigenvalue weighted by Crippen LogP contribution is -2.30. The van der Waals surface area contributed by atoms with Gasteiger partial charge in [0.1, 0.15) is 24.0 Å². The molecule has 0 bridgehead atoms. The Kier molecular flexibility index (Phi) is 5.05. The Balaban J connectivity index is 1.77. The summed E-state index contributed by atoms with van der Waals surface area (Å²) in [5.74, 6) is 0.348. The van der Waals surface area contributed by atoms with Crippen molar-refractivity contribution in [2.75, 3.05) is 0 Å². The second kappa shape index (κ2) is 7.90. The highest BCUT2D eigenvalue weighted by molar-refractivity contribution is 6.13. The standard InChI is InChI=1S/C29H27FNO/c1-18(2)17-20-9-11-21(12-10-20)22-14-15-24(30)27-23-13-8-19(3)26(29(23)32-28(22)27)25-7-5-6-16-31(25)4/h5-16,18H,17H2,1-4H3/q+1. The fourth-order valence-electron chi connectivity index (χ4n) is 4.62. The van der Waals surface area contributed by atoms with Gasteiger partial charge in [-0.05, 0) is 54.2 Å². The summed E-state index contributed by atoms with van der Waals surface area (Å²) in [6.45, 7) is 6.51. The first kappa shape index (κ1) is 20.4. The zero-order valence-corrected chi connectivity index (χ0v) is 18.9. The third-order valence-electron chi connectivity index (χ3n) is 6.17. The normalized spacial score (nSPS) is 11.7. The average Bonchev–Trinajstić information content (AvgIpc) is 3.15. The van der Waals surface area contributed by atoms with Gasteiger partial charge in [-0.3, -0.25) is 0 Å². The van der Waals surface area contributed by atoms with E-state index in [2.05, 4.69) is 55.7 Å². The second-order valence-corrected chi connectivity index (χ2v) is 9.03. The Morgan fingerprint density at radius 1 is 0.906 bits per heavy atom. The van der Waals surface area contributed by atoms with Gasteiger partial charge in [0.15, 0.2) is 6.20 Å². The first-order valence-corrected chi connectivity index (χ1v) is 11.1. The van der Waals surface area contributed by atoms with Gasteiger partial charge in [0, 0.05) is 23.1 Å². The molecule has 0 amide bonds. The second-order valence-electron chi connectivity index (χ2n) is 9.03. The van der Waals surface area contributed by atoms with Crippen LogP contribution in [0.4, 0.5) is 4.39 Å². The minimum atomic E-state index is -0.258. The average molecular weight is 425 g/mol. The first-order chi connectivity index (χ1) is 15.4. The highest BCUT2D eigenvalue weighted by Crippen LogP contribution is 2.41. The molecule has 0 fully saturated rings. The van der Waals surface area contributed by atoms with Crippen LogP contribution in [0.3, 0.4) is 0 Å². The molecule has 32 heavy (non-hydrogen) atoms. The smallest absolute Gasteiger partial charge is 0.216 e. The van der Waals surface area contributed by atoms with Crippen molar-refractivity contribution < 1.29 is 13.4 Å². The third-order valence-corrected chi connectivity index (χ3v) is 6.17. The van der Waals surface area contributed by atoms with Crippen molar-refractivity contribution in [2.24, 2.45) is 13.0 Å². The minimum Gasteiger partial charge on any atom is -0.454 e. The molecule has 160 valence electrons. The van der Waals surface area contributed by atoms with E-state index in [1.165, 1.54) is 5.56 Å². The molecule has 0 aliphatic carbocycles. The van der Waals surface area contributed by atoms with Gasteiger partial charge in [-0.2, -0.15) is 0 Å². The number of nitrogens with zero attached hydrogens (tertiary/aromatic N) is 1. The van der Waals surface area contributed by atoms with Crippen molar-refractivity contribution in [1.82, 2.24) is 0 Å². The van der Waals surface area contributed by atoms with Crippen LogP contribution >= 0.6 is 0 Å². The molecular weight excluding hydrogens is 397 g/mol. The SMILES string of the molecule is Cc1ccc2c(oc3c(-c4ccc(CC(C)C)cc4)ccc(F)c32)c1-c1cccc[n+]1C. The number of hydrogen-bond acceptors (Lipinski definition) is 1. The number of halogens is 1. The third kappa shape index (κ3) is 3.38. The Morgan fingerprint density at radius 2 is 1.69 bits per heavy atom. The Labute approximate surface area is 187 Å². The summed E-state index contributed by atoms with van der Waals surface area (Å²) >= 11 is 0. The van der Waals surface area contributed by atoms with Gasteiger partial charge >= 0.3 is 0 Å². The molecule has 0 aliphatic rings. The van der Waals surface area contributed by atoms with Crippen LogP contribution in [0, 0.1) is 18.7 Å².